The zero-order valence-electron chi connectivity index (χ0n) is 10.8. The second-order valence-electron chi connectivity index (χ2n) is 4.46. The maximum Gasteiger partial charge on any atom is 0.296 e. The monoisotopic (exact) mass is 339 g/mol. The first-order chi connectivity index (χ1) is 9.62. The van der Waals surface area contributed by atoms with E-state index < -0.39 is 37.7 Å². The van der Waals surface area contributed by atoms with Crippen molar-refractivity contribution in [2.45, 2.75) is 25.0 Å². The summed E-state index contributed by atoms with van der Waals surface area (Å²) in [6.45, 7) is 3.21. The molecule has 0 N–H and O–H groups in total. The molecule has 2 rings (SSSR count). The second kappa shape index (κ2) is 5.30. The molecule has 0 aliphatic rings. The summed E-state index contributed by atoms with van der Waals surface area (Å²) in [4.78, 5) is 0. The van der Waals surface area contributed by atoms with E-state index in [1.807, 2.05) is 0 Å². The largest absolute Gasteiger partial charge is 0.296 e. The van der Waals surface area contributed by atoms with E-state index in [1.165, 1.54) is 0 Å². The van der Waals surface area contributed by atoms with Crippen LogP contribution >= 0.6 is 10.7 Å². The Morgan fingerprint density at radius 3 is 2.10 bits per heavy atom. The van der Waals surface area contributed by atoms with Gasteiger partial charge in [0.05, 0.1) is 0 Å². The predicted octanol–water partition coefficient (Wildman–Crippen LogP) is 2.87. The summed E-state index contributed by atoms with van der Waals surface area (Å²) in [5.74, 6) is -4.60. The van der Waals surface area contributed by atoms with E-state index in [-0.39, 0.29) is 11.4 Å². The van der Waals surface area contributed by atoms with Gasteiger partial charge in [0.1, 0.15) is 0 Å². The minimum absolute atomic E-state index is 0.137. The van der Waals surface area contributed by atoms with Crippen molar-refractivity contribution in [3.05, 3.63) is 29.6 Å². The number of nitrogens with zero attached hydrogens (tertiary/aromatic N) is 3. The molecule has 0 saturated carbocycles. The van der Waals surface area contributed by atoms with Gasteiger partial charge < -0.3 is 0 Å². The average Bonchev–Trinajstić information content (AvgIpc) is 2.79. The first-order valence-corrected chi connectivity index (χ1v) is 7.98. The minimum Gasteiger partial charge on any atom is -0.294 e. The Morgan fingerprint density at radius 2 is 1.67 bits per heavy atom. The molecule has 0 aliphatic carbocycles. The van der Waals surface area contributed by atoms with Crippen molar-refractivity contribution in [2.75, 3.05) is 0 Å². The van der Waals surface area contributed by atoms with Crippen LogP contribution in [0.25, 0.3) is 11.4 Å². The highest BCUT2D eigenvalue weighted by Crippen LogP contribution is 2.28. The third-order valence-electron chi connectivity index (χ3n) is 2.64. The third kappa shape index (κ3) is 2.88. The predicted molar refractivity (Wildman–Crippen MR) is 68.8 cm³/mol. The molecule has 0 radical (unpaired) electrons. The Kier molecular flexibility index (Phi) is 3.98. The average molecular weight is 340 g/mol. The molecule has 0 bridgehead atoms. The molecule has 2 aromatic rings. The number of aromatic nitrogens is 3. The van der Waals surface area contributed by atoms with Gasteiger partial charge in [0.25, 0.3) is 14.2 Å². The lowest BCUT2D eigenvalue weighted by Crippen LogP contribution is -2.10. The van der Waals surface area contributed by atoms with Crippen LogP contribution in [-0.4, -0.2) is 23.2 Å². The van der Waals surface area contributed by atoms with Crippen LogP contribution in [0, 0.1) is 17.5 Å². The fourth-order valence-corrected chi connectivity index (χ4v) is 2.78. The topological polar surface area (TPSA) is 64.8 Å². The molecule has 0 unspecified atom stereocenters. The van der Waals surface area contributed by atoms with E-state index in [4.69, 9.17) is 10.7 Å². The smallest absolute Gasteiger partial charge is 0.294 e. The van der Waals surface area contributed by atoms with Gasteiger partial charge in [0.2, 0.25) is 0 Å². The van der Waals surface area contributed by atoms with Crippen LogP contribution < -0.4 is 0 Å². The summed E-state index contributed by atoms with van der Waals surface area (Å²) in [6, 6.07) is 0.937. The van der Waals surface area contributed by atoms with Crippen LogP contribution in [-0.2, 0) is 9.05 Å². The lowest BCUT2D eigenvalue weighted by molar-refractivity contribution is 0.447. The first kappa shape index (κ1) is 15.8. The van der Waals surface area contributed by atoms with Crippen molar-refractivity contribution in [1.29, 1.82) is 0 Å². The van der Waals surface area contributed by atoms with Gasteiger partial charge >= 0.3 is 0 Å². The van der Waals surface area contributed by atoms with Crippen LogP contribution in [0.15, 0.2) is 17.3 Å². The SMILES string of the molecule is CC(C)n1c(-c2cc(F)c(F)c(F)c2)nnc1S(=O)(=O)Cl. The van der Waals surface area contributed by atoms with Gasteiger partial charge in [0.15, 0.2) is 23.3 Å². The van der Waals surface area contributed by atoms with Gasteiger partial charge in [-0.25, -0.2) is 21.6 Å². The summed E-state index contributed by atoms with van der Waals surface area (Å²) in [6.07, 6.45) is 0. The van der Waals surface area contributed by atoms with Crippen LogP contribution in [0.5, 0.6) is 0 Å². The zero-order chi connectivity index (χ0) is 15.9. The molecule has 21 heavy (non-hydrogen) atoms. The number of hydrogen-bond donors (Lipinski definition) is 0. The van der Waals surface area contributed by atoms with Crippen LogP contribution in [0.3, 0.4) is 0 Å². The molecular formula is C11H9ClF3N3O2S. The van der Waals surface area contributed by atoms with Crippen LogP contribution in [0.2, 0.25) is 0 Å². The van der Waals surface area contributed by atoms with E-state index in [9.17, 15) is 21.6 Å². The van der Waals surface area contributed by atoms with Crippen molar-refractivity contribution >= 4 is 19.7 Å². The molecule has 1 aromatic carbocycles. The zero-order valence-corrected chi connectivity index (χ0v) is 12.4. The van der Waals surface area contributed by atoms with E-state index >= 15 is 0 Å². The summed E-state index contributed by atoms with van der Waals surface area (Å²) in [5.41, 5.74) is -0.154. The van der Waals surface area contributed by atoms with Gasteiger partial charge in [-0.15, -0.1) is 10.2 Å². The van der Waals surface area contributed by atoms with Gasteiger partial charge in [0, 0.05) is 22.3 Å². The molecule has 1 heterocycles. The second-order valence-corrected chi connectivity index (χ2v) is 6.92. The Hall–Kier alpha value is -1.61. The molecule has 0 atom stereocenters. The molecule has 0 aliphatic heterocycles. The lowest BCUT2D eigenvalue weighted by Gasteiger charge is -2.12. The van der Waals surface area contributed by atoms with Crippen LogP contribution in [0.1, 0.15) is 19.9 Å². The molecular weight excluding hydrogens is 331 g/mol. The van der Waals surface area contributed by atoms with Crippen molar-refractivity contribution in [3.63, 3.8) is 0 Å². The van der Waals surface area contributed by atoms with Crippen molar-refractivity contribution in [2.24, 2.45) is 0 Å². The fraction of sp³-hybridized carbons (Fsp3) is 0.273. The number of halogens is 4. The maximum absolute atomic E-state index is 13.3. The molecule has 114 valence electrons. The highest BCUT2D eigenvalue weighted by Gasteiger charge is 2.26. The van der Waals surface area contributed by atoms with Crippen LogP contribution in [0.4, 0.5) is 13.2 Å². The summed E-state index contributed by atoms with van der Waals surface area (Å²) in [7, 11) is 1.04. The minimum atomic E-state index is -4.19. The standard InChI is InChI=1S/C11H9ClF3N3O2S/c1-5(2)18-10(16-17-11(18)21(12,19)20)6-3-7(13)9(15)8(14)4-6/h3-5H,1-2H3. The van der Waals surface area contributed by atoms with E-state index in [2.05, 4.69) is 10.2 Å². The quantitative estimate of drug-likeness (QED) is 0.637. The summed E-state index contributed by atoms with van der Waals surface area (Å²) >= 11 is 0. The van der Waals surface area contributed by atoms with Crippen molar-refractivity contribution in [3.8, 4) is 11.4 Å². The summed E-state index contributed by atoms with van der Waals surface area (Å²) in [5, 5.41) is 6.44. The normalized spacial score (nSPS) is 12.1. The number of rotatable bonds is 3. The Labute approximate surface area is 122 Å². The third-order valence-corrected chi connectivity index (χ3v) is 3.77. The Balaban J connectivity index is 2.74. The van der Waals surface area contributed by atoms with Gasteiger partial charge in [-0.3, -0.25) is 4.57 Å². The van der Waals surface area contributed by atoms with Gasteiger partial charge in [-0.2, -0.15) is 0 Å². The molecule has 0 spiro atoms. The van der Waals surface area contributed by atoms with Crippen molar-refractivity contribution < 1.29 is 21.6 Å². The van der Waals surface area contributed by atoms with E-state index in [0.29, 0.717) is 12.1 Å². The molecule has 0 fully saturated rings. The van der Waals surface area contributed by atoms with E-state index in [0.717, 1.165) is 4.57 Å². The Bertz CT molecular complexity index is 782. The lowest BCUT2D eigenvalue weighted by atomic mass is 10.2. The van der Waals surface area contributed by atoms with Gasteiger partial charge in [-0.05, 0) is 26.0 Å². The summed E-state index contributed by atoms with van der Waals surface area (Å²) < 4.78 is 63.5. The number of benzene rings is 1. The first-order valence-electron chi connectivity index (χ1n) is 5.67. The van der Waals surface area contributed by atoms with Crippen molar-refractivity contribution in [1.82, 2.24) is 14.8 Å². The highest BCUT2D eigenvalue weighted by molar-refractivity contribution is 8.13. The highest BCUT2D eigenvalue weighted by atomic mass is 35.7. The van der Waals surface area contributed by atoms with E-state index in [1.54, 1.807) is 13.8 Å². The molecule has 10 heteroatoms. The molecule has 5 nitrogen and oxygen atoms in total. The molecule has 1 aromatic heterocycles. The van der Waals surface area contributed by atoms with Gasteiger partial charge in [-0.1, -0.05) is 0 Å². The Morgan fingerprint density at radius 1 is 1.14 bits per heavy atom. The number of hydrogen-bond acceptors (Lipinski definition) is 4. The molecule has 0 saturated heterocycles. The fourth-order valence-electron chi connectivity index (χ4n) is 1.79. The molecule has 0 amide bonds. The maximum atomic E-state index is 13.3.